The van der Waals surface area contributed by atoms with E-state index in [2.05, 4.69) is 50.4 Å². The van der Waals surface area contributed by atoms with Crippen LogP contribution in [-0.4, -0.2) is 20.4 Å². The Labute approximate surface area is 78.8 Å². The molecule has 0 aliphatic carbocycles. The van der Waals surface area contributed by atoms with Gasteiger partial charge in [-0.15, -0.1) is 11.8 Å². The zero-order valence-corrected chi connectivity index (χ0v) is 8.90. The fourth-order valence-corrected chi connectivity index (χ4v) is 2.12. The second kappa shape index (κ2) is 3.85. The van der Waals surface area contributed by atoms with Gasteiger partial charge in [0.1, 0.15) is 0 Å². The Morgan fingerprint density at radius 3 is 2.33 bits per heavy atom. The van der Waals surface area contributed by atoms with Crippen molar-refractivity contribution in [3.8, 4) is 0 Å². The standard InChI is InChI=1S/C10H15NS/c1-8-6-5-7-9(12-4)10(8)11(2)3/h5-7H,1-4H3. The van der Waals surface area contributed by atoms with Crippen LogP contribution in [0.4, 0.5) is 5.69 Å². The highest BCUT2D eigenvalue weighted by Crippen LogP contribution is 2.30. The number of anilines is 1. The van der Waals surface area contributed by atoms with Gasteiger partial charge in [0, 0.05) is 19.0 Å². The first-order valence-corrected chi connectivity index (χ1v) is 5.20. The third kappa shape index (κ3) is 1.75. The largest absolute Gasteiger partial charge is 0.377 e. The van der Waals surface area contributed by atoms with Crippen molar-refractivity contribution in [1.29, 1.82) is 0 Å². The van der Waals surface area contributed by atoms with Crippen LogP contribution in [0, 0.1) is 6.92 Å². The Bertz CT molecular complexity index is 269. The fraction of sp³-hybridized carbons (Fsp3) is 0.400. The van der Waals surface area contributed by atoms with Gasteiger partial charge in [-0.25, -0.2) is 0 Å². The molecule has 0 bridgehead atoms. The van der Waals surface area contributed by atoms with Gasteiger partial charge >= 0.3 is 0 Å². The Morgan fingerprint density at radius 1 is 1.25 bits per heavy atom. The van der Waals surface area contributed by atoms with Crippen LogP contribution in [0.1, 0.15) is 5.56 Å². The average Bonchev–Trinajstić information content (AvgIpc) is 2.03. The van der Waals surface area contributed by atoms with Crippen LogP contribution in [0.25, 0.3) is 0 Å². The molecule has 0 aliphatic heterocycles. The van der Waals surface area contributed by atoms with Crippen molar-refractivity contribution in [1.82, 2.24) is 0 Å². The molecule has 0 saturated carbocycles. The highest BCUT2D eigenvalue weighted by Gasteiger charge is 2.05. The van der Waals surface area contributed by atoms with Crippen molar-refractivity contribution >= 4 is 17.4 Å². The second-order valence-electron chi connectivity index (χ2n) is 3.02. The highest BCUT2D eigenvalue weighted by molar-refractivity contribution is 7.98. The van der Waals surface area contributed by atoms with E-state index in [1.54, 1.807) is 11.8 Å². The SMILES string of the molecule is CSc1cccc(C)c1N(C)C. The maximum Gasteiger partial charge on any atom is 0.0528 e. The van der Waals surface area contributed by atoms with E-state index in [9.17, 15) is 0 Å². The molecule has 0 fully saturated rings. The summed E-state index contributed by atoms with van der Waals surface area (Å²) in [6.07, 6.45) is 2.11. The summed E-state index contributed by atoms with van der Waals surface area (Å²) in [5, 5.41) is 0. The first kappa shape index (κ1) is 9.46. The van der Waals surface area contributed by atoms with Gasteiger partial charge in [0.15, 0.2) is 0 Å². The minimum Gasteiger partial charge on any atom is -0.377 e. The summed E-state index contributed by atoms with van der Waals surface area (Å²) >= 11 is 1.80. The lowest BCUT2D eigenvalue weighted by Crippen LogP contribution is -2.11. The summed E-state index contributed by atoms with van der Waals surface area (Å²) in [6, 6.07) is 6.41. The predicted molar refractivity (Wildman–Crippen MR) is 57.3 cm³/mol. The topological polar surface area (TPSA) is 3.24 Å². The molecule has 0 spiro atoms. The summed E-state index contributed by atoms with van der Waals surface area (Å²) in [4.78, 5) is 3.52. The molecule has 0 heterocycles. The van der Waals surface area contributed by atoms with Crippen molar-refractivity contribution in [3.05, 3.63) is 23.8 Å². The van der Waals surface area contributed by atoms with Gasteiger partial charge in [0.2, 0.25) is 0 Å². The lowest BCUT2D eigenvalue weighted by Gasteiger charge is -2.18. The van der Waals surface area contributed by atoms with Crippen molar-refractivity contribution in [3.63, 3.8) is 0 Å². The number of hydrogen-bond donors (Lipinski definition) is 0. The lowest BCUT2D eigenvalue weighted by atomic mass is 10.2. The van der Waals surface area contributed by atoms with Crippen molar-refractivity contribution in [2.45, 2.75) is 11.8 Å². The van der Waals surface area contributed by atoms with Crippen LogP contribution < -0.4 is 4.90 Å². The van der Waals surface area contributed by atoms with Crippen LogP contribution in [0.2, 0.25) is 0 Å². The normalized spacial score (nSPS) is 10.0. The lowest BCUT2D eigenvalue weighted by molar-refractivity contribution is 1.08. The molecule has 1 aromatic rings. The molecular formula is C10H15NS. The van der Waals surface area contributed by atoms with Crippen LogP contribution >= 0.6 is 11.8 Å². The van der Waals surface area contributed by atoms with E-state index >= 15 is 0 Å². The summed E-state index contributed by atoms with van der Waals surface area (Å²) in [5.41, 5.74) is 2.68. The van der Waals surface area contributed by atoms with Gasteiger partial charge in [-0.3, -0.25) is 0 Å². The summed E-state index contributed by atoms with van der Waals surface area (Å²) in [7, 11) is 4.17. The zero-order valence-electron chi connectivity index (χ0n) is 8.09. The second-order valence-corrected chi connectivity index (χ2v) is 3.87. The van der Waals surface area contributed by atoms with Crippen LogP contribution in [0.15, 0.2) is 23.1 Å². The molecular weight excluding hydrogens is 166 g/mol. The van der Waals surface area contributed by atoms with Crippen LogP contribution in [0.3, 0.4) is 0 Å². The molecule has 2 heteroatoms. The number of aryl methyl sites for hydroxylation is 1. The summed E-state index contributed by atoms with van der Waals surface area (Å²) < 4.78 is 0. The van der Waals surface area contributed by atoms with E-state index in [0.29, 0.717) is 0 Å². The first-order chi connectivity index (χ1) is 5.66. The van der Waals surface area contributed by atoms with Gasteiger partial charge in [0.05, 0.1) is 5.69 Å². The van der Waals surface area contributed by atoms with Crippen molar-refractivity contribution in [2.24, 2.45) is 0 Å². The number of para-hydroxylation sites is 1. The molecule has 0 amide bonds. The van der Waals surface area contributed by atoms with Gasteiger partial charge in [-0.2, -0.15) is 0 Å². The predicted octanol–water partition coefficient (Wildman–Crippen LogP) is 2.78. The van der Waals surface area contributed by atoms with Gasteiger partial charge in [0.25, 0.3) is 0 Å². The number of nitrogens with zero attached hydrogens (tertiary/aromatic N) is 1. The molecule has 0 unspecified atom stereocenters. The third-order valence-electron chi connectivity index (χ3n) is 1.87. The van der Waals surface area contributed by atoms with Gasteiger partial charge < -0.3 is 4.90 Å². The van der Waals surface area contributed by atoms with Crippen molar-refractivity contribution < 1.29 is 0 Å². The fourth-order valence-electron chi connectivity index (χ4n) is 1.37. The highest BCUT2D eigenvalue weighted by atomic mass is 32.2. The summed E-state index contributed by atoms with van der Waals surface area (Å²) in [6.45, 7) is 2.15. The molecule has 0 aromatic heterocycles. The molecule has 1 aromatic carbocycles. The van der Waals surface area contributed by atoms with E-state index in [1.807, 2.05) is 0 Å². The Balaban J connectivity index is 3.20. The average molecular weight is 181 g/mol. The van der Waals surface area contributed by atoms with E-state index in [0.717, 1.165) is 0 Å². The maximum atomic E-state index is 2.17. The molecule has 0 radical (unpaired) electrons. The molecule has 0 aliphatic rings. The zero-order chi connectivity index (χ0) is 9.14. The van der Waals surface area contributed by atoms with E-state index in [-0.39, 0.29) is 0 Å². The van der Waals surface area contributed by atoms with Gasteiger partial charge in [-0.1, -0.05) is 12.1 Å². The Morgan fingerprint density at radius 2 is 1.92 bits per heavy atom. The minimum atomic E-state index is 1.34. The first-order valence-electron chi connectivity index (χ1n) is 3.97. The summed E-state index contributed by atoms with van der Waals surface area (Å²) in [5.74, 6) is 0. The number of benzene rings is 1. The smallest absolute Gasteiger partial charge is 0.0528 e. The van der Waals surface area contributed by atoms with E-state index < -0.39 is 0 Å². The molecule has 0 atom stereocenters. The molecule has 1 nitrogen and oxygen atoms in total. The maximum absolute atomic E-state index is 2.17. The molecule has 1 rings (SSSR count). The van der Waals surface area contributed by atoms with Crippen LogP contribution in [-0.2, 0) is 0 Å². The molecule has 12 heavy (non-hydrogen) atoms. The van der Waals surface area contributed by atoms with Crippen molar-refractivity contribution in [2.75, 3.05) is 25.3 Å². The number of thioether (sulfide) groups is 1. The monoisotopic (exact) mass is 181 g/mol. The minimum absolute atomic E-state index is 1.34. The van der Waals surface area contributed by atoms with Crippen LogP contribution in [0.5, 0.6) is 0 Å². The molecule has 66 valence electrons. The number of rotatable bonds is 2. The third-order valence-corrected chi connectivity index (χ3v) is 2.64. The Kier molecular flexibility index (Phi) is 3.04. The quantitative estimate of drug-likeness (QED) is 0.645. The molecule has 0 saturated heterocycles. The van der Waals surface area contributed by atoms with E-state index in [4.69, 9.17) is 0 Å². The molecule has 0 N–H and O–H groups in total. The van der Waals surface area contributed by atoms with E-state index in [1.165, 1.54) is 16.1 Å². The Hall–Kier alpha value is -0.630. The number of hydrogen-bond acceptors (Lipinski definition) is 2. The van der Waals surface area contributed by atoms with Gasteiger partial charge in [-0.05, 0) is 24.8 Å².